The Labute approximate surface area is 146 Å². The van der Waals surface area contributed by atoms with Gasteiger partial charge in [-0.3, -0.25) is 14.5 Å². The number of ether oxygens (including phenoxy) is 1. The third-order valence-corrected chi connectivity index (χ3v) is 4.24. The minimum absolute atomic E-state index is 0.0625. The SMILES string of the molecule is [B]Nc1cc(C)c(CN2C(=O)c3ccccc3C2=O)cc1C(=O)OC. The molecule has 1 aliphatic rings. The summed E-state index contributed by atoms with van der Waals surface area (Å²) in [6.45, 7) is 1.88. The predicted molar refractivity (Wildman–Crippen MR) is 92.5 cm³/mol. The van der Waals surface area contributed by atoms with Gasteiger partial charge >= 0.3 is 5.97 Å². The fourth-order valence-corrected chi connectivity index (χ4v) is 2.87. The summed E-state index contributed by atoms with van der Waals surface area (Å²) < 4.78 is 4.75. The Kier molecular flexibility index (Phi) is 4.31. The summed E-state index contributed by atoms with van der Waals surface area (Å²) in [5.41, 5.74) is 2.88. The number of benzene rings is 2. The summed E-state index contributed by atoms with van der Waals surface area (Å²) >= 11 is 0. The van der Waals surface area contributed by atoms with Crippen LogP contribution in [0, 0.1) is 6.92 Å². The van der Waals surface area contributed by atoms with E-state index in [-0.39, 0.29) is 23.9 Å². The number of hydrogen-bond donors (Lipinski definition) is 1. The summed E-state index contributed by atoms with van der Waals surface area (Å²) in [6, 6.07) is 9.96. The van der Waals surface area contributed by atoms with E-state index in [4.69, 9.17) is 12.7 Å². The van der Waals surface area contributed by atoms with Gasteiger partial charge in [-0.05, 0) is 42.3 Å². The second-order valence-corrected chi connectivity index (χ2v) is 5.70. The van der Waals surface area contributed by atoms with Crippen molar-refractivity contribution in [3.63, 3.8) is 0 Å². The van der Waals surface area contributed by atoms with Crippen molar-refractivity contribution >= 4 is 31.5 Å². The highest BCUT2D eigenvalue weighted by atomic mass is 16.5. The van der Waals surface area contributed by atoms with E-state index in [1.807, 2.05) is 6.92 Å². The number of imide groups is 1. The van der Waals surface area contributed by atoms with E-state index < -0.39 is 5.97 Å². The summed E-state index contributed by atoms with van der Waals surface area (Å²) in [7, 11) is 6.72. The zero-order valence-corrected chi connectivity index (χ0v) is 13.8. The second kappa shape index (κ2) is 6.43. The molecule has 3 rings (SSSR count). The van der Waals surface area contributed by atoms with Crippen molar-refractivity contribution in [1.29, 1.82) is 0 Å². The number of rotatable bonds is 4. The van der Waals surface area contributed by atoms with Crippen LogP contribution >= 0.6 is 0 Å². The lowest BCUT2D eigenvalue weighted by Gasteiger charge is -2.18. The first-order chi connectivity index (χ1) is 12.0. The van der Waals surface area contributed by atoms with Gasteiger partial charge in [0.1, 0.15) is 0 Å². The van der Waals surface area contributed by atoms with Crippen LogP contribution in [-0.2, 0) is 11.3 Å². The van der Waals surface area contributed by atoms with Crippen LogP contribution in [0.2, 0.25) is 0 Å². The van der Waals surface area contributed by atoms with Gasteiger partial charge in [-0.2, -0.15) is 0 Å². The maximum atomic E-state index is 12.5. The van der Waals surface area contributed by atoms with Gasteiger partial charge in [0, 0.05) is 5.69 Å². The molecule has 25 heavy (non-hydrogen) atoms. The van der Waals surface area contributed by atoms with Crippen LogP contribution in [0.3, 0.4) is 0 Å². The van der Waals surface area contributed by atoms with Crippen LogP contribution in [0.1, 0.15) is 42.2 Å². The van der Waals surface area contributed by atoms with Crippen molar-refractivity contribution in [2.24, 2.45) is 0 Å². The molecule has 6 nitrogen and oxygen atoms in total. The van der Waals surface area contributed by atoms with Crippen LogP contribution in [0.15, 0.2) is 36.4 Å². The minimum Gasteiger partial charge on any atom is -0.465 e. The maximum Gasteiger partial charge on any atom is 0.339 e. The van der Waals surface area contributed by atoms with Gasteiger partial charge in [-0.15, -0.1) is 0 Å². The number of carbonyl (C=O) groups is 3. The number of anilines is 1. The largest absolute Gasteiger partial charge is 0.465 e. The maximum absolute atomic E-state index is 12.5. The lowest BCUT2D eigenvalue weighted by molar-refractivity contribution is 0.0601. The Bertz CT molecular complexity index is 860. The highest BCUT2D eigenvalue weighted by Crippen LogP contribution is 2.27. The molecule has 1 heterocycles. The van der Waals surface area contributed by atoms with Crippen LogP contribution < -0.4 is 5.23 Å². The first kappa shape index (κ1) is 16.8. The normalized spacial score (nSPS) is 13.0. The standard InChI is InChI=1S/C18H15BN2O4/c1-10-7-15(20-19)14(18(24)25-2)8-11(10)9-21-16(22)12-5-3-4-6-13(12)17(21)23/h3-8,20H,9H2,1-2H3. The van der Waals surface area contributed by atoms with Crippen molar-refractivity contribution in [3.05, 3.63) is 64.2 Å². The first-order valence-electron chi connectivity index (χ1n) is 7.61. The van der Waals surface area contributed by atoms with Gasteiger partial charge in [0.05, 0.1) is 30.3 Å². The molecular weight excluding hydrogens is 319 g/mol. The average Bonchev–Trinajstić information content (AvgIpc) is 2.87. The molecule has 2 aromatic carbocycles. The zero-order chi connectivity index (χ0) is 18.1. The Balaban J connectivity index is 1.98. The number of fused-ring (bicyclic) bond motifs is 1. The molecule has 0 saturated carbocycles. The molecule has 1 N–H and O–H groups in total. The van der Waals surface area contributed by atoms with E-state index >= 15 is 0 Å². The second-order valence-electron chi connectivity index (χ2n) is 5.70. The quantitative estimate of drug-likeness (QED) is 0.526. The van der Waals surface area contributed by atoms with Crippen LogP contribution in [0.4, 0.5) is 5.69 Å². The van der Waals surface area contributed by atoms with Gasteiger partial charge in [0.25, 0.3) is 11.8 Å². The lowest BCUT2D eigenvalue weighted by atomic mass is 10.0. The summed E-state index contributed by atoms with van der Waals surface area (Å²) in [6.07, 6.45) is 0. The number of nitrogens with zero attached hydrogens (tertiary/aromatic N) is 1. The third kappa shape index (κ3) is 2.78. The molecule has 0 unspecified atom stereocenters. The van der Waals surface area contributed by atoms with E-state index in [0.29, 0.717) is 22.4 Å². The molecule has 2 radical (unpaired) electrons. The van der Waals surface area contributed by atoms with E-state index in [2.05, 4.69) is 5.23 Å². The minimum atomic E-state index is -0.559. The molecule has 7 heteroatoms. The Morgan fingerprint density at radius 2 is 1.76 bits per heavy atom. The number of hydrogen-bond acceptors (Lipinski definition) is 5. The average molecular weight is 334 g/mol. The van der Waals surface area contributed by atoms with Crippen LogP contribution in [-0.4, -0.2) is 37.8 Å². The van der Waals surface area contributed by atoms with Crippen molar-refractivity contribution in [2.45, 2.75) is 13.5 Å². The smallest absolute Gasteiger partial charge is 0.339 e. The first-order valence-corrected chi connectivity index (χ1v) is 7.61. The number of amides is 2. The van der Waals surface area contributed by atoms with E-state index in [1.54, 1.807) is 36.4 Å². The number of nitrogens with one attached hydrogen (secondary N) is 1. The summed E-state index contributed by atoms with van der Waals surface area (Å²) in [5, 5.41) is 2.46. The molecule has 1 aliphatic heterocycles. The highest BCUT2D eigenvalue weighted by molar-refractivity contribution is 6.21. The number of esters is 1. The van der Waals surface area contributed by atoms with E-state index in [9.17, 15) is 14.4 Å². The molecule has 124 valence electrons. The topological polar surface area (TPSA) is 75.7 Å². The van der Waals surface area contributed by atoms with E-state index in [1.165, 1.54) is 12.0 Å². The van der Waals surface area contributed by atoms with Gasteiger partial charge < -0.3 is 9.96 Å². The van der Waals surface area contributed by atoms with Gasteiger partial charge in [0.2, 0.25) is 7.98 Å². The molecule has 0 bridgehead atoms. The predicted octanol–water partition coefficient (Wildman–Crippen LogP) is 2.07. The number of methoxy groups -OCH3 is 1. The van der Waals surface area contributed by atoms with Crippen molar-refractivity contribution < 1.29 is 19.1 Å². The molecule has 2 amide bonds. The van der Waals surface area contributed by atoms with Crippen molar-refractivity contribution in [3.8, 4) is 0 Å². The van der Waals surface area contributed by atoms with Crippen LogP contribution in [0.25, 0.3) is 0 Å². The third-order valence-electron chi connectivity index (χ3n) is 4.24. The molecule has 0 saturated heterocycles. The van der Waals surface area contributed by atoms with Crippen LogP contribution in [0.5, 0.6) is 0 Å². The van der Waals surface area contributed by atoms with Crippen molar-refractivity contribution in [2.75, 3.05) is 12.3 Å². The van der Waals surface area contributed by atoms with E-state index in [0.717, 1.165) is 5.56 Å². The van der Waals surface area contributed by atoms with Gasteiger partial charge in [-0.25, -0.2) is 4.79 Å². The Morgan fingerprint density at radius 1 is 1.16 bits per heavy atom. The molecule has 0 aromatic heterocycles. The summed E-state index contributed by atoms with van der Waals surface area (Å²) in [5.74, 6) is -1.25. The number of carbonyl (C=O) groups excluding carboxylic acids is 3. The molecule has 2 aromatic rings. The van der Waals surface area contributed by atoms with Crippen molar-refractivity contribution in [1.82, 2.24) is 4.90 Å². The Morgan fingerprint density at radius 3 is 2.28 bits per heavy atom. The highest BCUT2D eigenvalue weighted by Gasteiger charge is 2.35. The fraction of sp³-hybridized carbons (Fsp3) is 0.167. The van der Waals surface area contributed by atoms with Gasteiger partial charge in [-0.1, -0.05) is 12.1 Å². The molecular formula is C18H15BN2O4. The number of aryl methyl sites for hydroxylation is 1. The molecule has 0 aliphatic carbocycles. The summed E-state index contributed by atoms with van der Waals surface area (Å²) in [4.78, 5) is 38.1. The monoisotopic (exact) mass is 334 g/mol. The zero-order valence-electron chi connectivity index (χ0n) is 13.8. The molecule has 0 atom stereocenters. The lowest BCUT2D eigenvalue weighted by Crippen LogP contribution is -2.29. The molecule has 0 fully saturated rings. The fourth-order valence-electron chi connectivity index (χ4n) is 2.87. The Hall–Kier alpha value is -3.09. The molecule has 0 spiro atoms. The van der Waals surface area contributed by atoms with Gasteiger partial charge in [0.15, 0.2) is 0 Å².